The number of amides is 1. The van der Waals surface area contributed by atoms with Gasteiger partial charge in [0.1, 0.15) is 0 Å². The molecule has 0 bridgehead atoms. The Bertz CT molecular complexity index is 658. The van der Waals surface area contributed by atoms with Crippen LogP contribution in [-0.4, -0.2) is 30.4 Å². The van der Waals surface area contributed by atoms with Crippen molar-refractivity contribution in [1.29, 1.82) is 0 Å². The molecule has 0 fully saturated rings. The summed E-state index contributed by atoms with van der Waals surface area (Å²) in [5.41, 5.74) is 4.08. The molecule has 1 aromatic carbocycles. The van der Waals surface area contributed by atoms with Gasteiger partial charge in [-0.3, -0.25) is 9.69 Å². The van der Waals surface area contributed by atoms with Gasteiger partial charge in [0.2, 0.25) is 0 Å². The number of benzene rings is 1. The lowest BCUT2D eigenvalue weighted by Gasteiger charge is -2.28. The van der Waals surface area contributed by atoms with Gasteiger partial charge >= 0.3 is 0 Å². The van der Waals surface area contributed by atoms with Crippen LogP contribution in [0.5, 0.6) is 0 Å². The van der Waals surface area contributed by atoms with E-state index in [9.17, 15) is 4.79 Å². The molecule has 3 rings (SSSR count). The molecule has 1 aliphatic heterocycles. The molecule has 22 heavy (non-hydrogen) atoms. The SMILES string of the molecule is Cc1cc(C(=O)NCCN2CCc3ccccc3C2)sc1C. The van der Waals surface area contributed by atoms with Crippen molar-refractivity contribution >= 4 is 17.2 Å². The second kappa shape index (κ2) is 6.63. The largest absolute Gasteiger partial charge is 0.350 e. The number of carbonyl (C=O) groups is 1. The highest BCUT2D eigenvalue weighted by atomic mass is 32.1. The minimum Gasteiger partial charge on any atom is -0.350 e. The quantitative estimate of drug-likeness (QED) is 0.940. The van der Waals surface area contributed by atoms with Crippen LogP contribution in [-0.2, 0) is 13.0 Å². The molecular formula is C18H22N2OS. The van der Waals surface area contributed by atoms with E-state index < -0.39 is 0 Å². The summed E-state index contributed by atoms with van der Waals surface area (Å²) in [6.45, 7) is 7.78. The van der Waals surface area contributed by atoms with E-state index in [1.54, 1.807) is 11.3 Å². The summed E-state index contributed by atoms with van der Waals surface area (Å²) in [6.07, 6.45) is 1.10. The van der Waals surface area contributed by atoms with E-state index in [1.807, 2.05) is 13.0 Å². The average Bonchev–Trinajstić information content (AvgIpc) is 2.86. The van der Waals surface area contributed by atoms with Crippen molar-refractivity contribution in [2.45, 2.75) is 26.8 Å². The van der Waals surface area contributed by atoms with Crippen LogP contribution in [0, 0.1) is 13.8 Å². The fourth-order valence-electron chi connectivity index (χ4n) is 2.84. The highest BCUT2D eigenvalue weighted by Gasteiger charge is 2.16. The first kappa shape index (κ1) is 15.3. The van der Waals surface area contributed by atoms with E-state index in [0.717, 1.165) is 30.9 Å². The molecule has 2 aromatic rings. The maximum atomic E-state index is 12.1. The van der Waals surface area contributed by atoms with Gasteiger partial charge in [0.25, 0.3) is 5.91 Å². The highest BCUT2D eigenvalue weighted by molar-refractivity contribution is 7.14. The van der Waals surface area contributed by atoms with Crippen LogP contribution in [0.1, 0.15) is 31.2 Å². The van der Waals surface area contributed by atoms with Gasteiger partial charge in [-0.1, -0.05) is 24.3 Å². The summed E-state index contributed by atoms with van der Waals surface area (Å²) in [4.78, 5) is 16.6. The van der Waals surface area contributed by atoms with E-state index >= 15 is 0 Å². The number of nitrogens with one attached hydrogen (secondary N) is 1. The predicted molar refractivity (Wildman–Crippen MR) is 91.5 cm³/mol. The summed E-state index contributed by atoms with van der Waals surface area (Å²) in [5, 5.41) is 3.04. The van der Waals surface area contributed by atoms with Crippen LogP contribution >= 0.6 is 11.3 Å². The third-order valence-electron chi connectivity index (χ3n) is 4.31. The molecule has 1 aromatic heterocycles. The normalized spacial score (nSPS) is 14.6. The lowest BCUT2D eigenvalue weighted by atomic mass is 10.00. The number of hydrogen-bond donors (Lipinski definition) is 1. The molecule has 0 spiro atoms. The van der Waals surface area contributed by atoms with Crippen molar-refractivity contribution in [2.24, 2.45) is 0 Å². The Kier molecular flexibility index (Phi) is 4.60. The van der Waals surface area contributed by atoms with Gasteiger partial charge in [-0.25, -0.2) is 0 Å². The first-order valence-corrected chi connectivity index (χ1v) is 8.59. The maximum absolute atomic E-state index is 12.1. The molecule has 4 heteroatoms. The van der Waals surface area contributed by atoms with Crippen molar-refractivity contribution in [3.63, 3.8) is 0 Å². The Morgan fingerprint density at radius 3 is 2.77 bits per heavy atom. The monoisotopic (exact) mass is 314 g/mol. The van der Waals surface area contributed by atoms with E-state index in [1.165, 1.54) is 21.6 Å². The van der Waals surface area contributed by atoms with Crippen LogP contribution in [0.25, 0.3) is 0 Å². The third kappa shape index (κ3) is 3.39. The fraction of sp³-hybridized carbons (Fsp3) is 0.389. The summed E-state index contributed by atoms with van der Waals surface area (Å²) in [5.74, 6) is 0.0543. The molecular weight excluding hydrogens is 292 g/mol. The van der Waals surface area contributed by atoms with Crippen molar-refractivity contribution in [2.75, 3.05) is 19.6 Å². The zero-order valence-corrected chi connectivity index (χ0v) is 14.0. The second-order valence-corrected chi connectivity index (χ2v) is 7.16. The van der Waals surface area contributed by atoms with E-state index in [2.05, 4.69) is 41.4 Å². The zero-order chi connectivity index (χ0) is 15.5. The molecule has 0 radical (unpaired) electrons. The third-order valence-corrected chi connectivity index (χ3v) is 5.46. The highest BCUT2D eigenvalue weighted by Crippen LogP contribution is 2.20. The van der Waals surface area contributed by atoms with Gasteiger partial charge in [0.15, 0.2) is 0 Å². The molecule has 116 valence electrons. The van der Waals surface area contributed by atoms with Crippen molar-refractivity contribution in [1.82, 2.24) is 10.2 Å². The Balaban J connectivity index is 1.49. The van der Waals surface area contributed by atoms with Crippen LogP contribution in [0.3, 0.4) is 0 Å². The Morgan fingerprint density at radius 2 is 2.05 bits per heavy atom. The first-order valence-electron chi connectivity index (χ1n) is 7.78. The minimum atomic E-state index is 0.0543. The van der Waals surface area contributed by atoms with Crippen LogP contribution in [0.15, 0.2) is 30.3 Å². The smallest absolute Gasteiger partial charge is 0.261 e. The summed E-state index contributed by atoms with van der Waals surface area (Å²) >= 11 is 1.57. The summed E-state index contributed by atoms with van der Waals surface area (Å²) < 4.78 is 0. The number of rotatable bonds is 4. The van der Waals surface area contributed by atoms with Gasteiger partial charge in [-0.15, -0.1) is 11.3 Å². The minimum absolute atomic E-state index is 0.0543. The molecule has 0 saturated carbocycles. The van der Waals surface area contributed by atoms with Gasteiger partial charge in [0, 0.05) is 31.1 Å². The maximum Gasteiger partial charge on any atom is 0.261 e. The zero-order valence-electron chi connectivity index (χ0n) is 13.2. The molecule has 0 atom stereocenters. The van der Waals surface area contributed by atoms with E-state index in [0.29, 0.717) is 6.54 Å². The summed E-state index contributed by atoms with van der Waals surface area (Å²) in [7, 11) is 0. The van der Waals surface area contributed by atoms with Gasteiger partial charge in [-0.2, -0.15) is 0 Å². The Labute approximate surface area is 136 Å². The Morgan fingerprint density at radius 1 is 1.27 bits per heavy atom. The molecule has 1 N–H and O–H groups in total. The molecule has 0 unspecified atom stereocenters. The van der Waals surface area contributed by atoms with Gasteiger partial charge in [0.05, 0.1) is 4.88 Å². The number of carbonyl (C=O) groups excluding carboxylic acids is 1. The van der Waals surface area contributed by atoms with Gasteiger partial charge < -0.3 is 5.32 Å². The fourth-order valence-corrected chi connectivity index (χ4v) is 3.80. The molecule has 0 saturated heterocycles. The standard InChI is InChI=1S/C18H22N2OS/c1-13-11-17(22-14(13)2)18(21)19-8-10-20-9-7-15-5-3-4-6-16(15)12-20/h3-6,11H,7-10,12H2,1-2H3,(H,19,21). The predicted octanol–water partition coefficient (Wildman–Crippen LogP) is 3.15. The van der Waals surface area contributed by atoms with Gasteiger partial charge in [-0.05, 0) is 43.0 Å². The van der Waals surface area contributed by atoms with Crippen LogP contribution in [0.4, 0.5) is 0 Å². The number of nitrogens with zero attached hydrogens (tertiary/aromatic N) is 1. The van der Waals surface area contributed by atoms with Crippen molar-refractivity contribution < 1.29 is 4.79 Å². The van der Waals surface area contributed by atoms with E-state index in [4.69, 9.17) is 0 Å². The lowest BCUT2D eigenvalue weighted by molar-refractivity contribution is 0.0951. The average molecular weight is 314 g/mol. The molecule has 1 aliphatic rings. The van der Waals surface area contributed by atoms with E-state index in [-0.39, 0.29) is 5.91 Å². The number of fused-ring (bicyclic) bond motifs is 1. The molecule has 3 nitrogen and oxygen atoms in total. The number of aryl methyl sites for hydroxylation is 2. The topological polar surface area (TPSA) is 32.3 Å². The second-order valence-electron chi connectivity index (χ2n) is 5.90. The first-order chi connectivity index (χ1) is 10.6. The molecule has 0 aliphatic carbocycles. The Hall–Kier alpha value is -1.65. The van der Waals surface area contributed by atoms with Crippen molar-refractivity contribution in [3.8, 4) is 0 Å². The van der Waals surface area contributed by atoms with Crippen LogP contribution in [0.2, 0.25) is 0 Å². The molecule has 2 heterocycles. The lowest BCUT2D eigenvalue weighted by Crippen LogP contribution is -2.37. The number of thiophene rings is 1. The van der Waals surface area contributed by atoms with Crippen LogP contribution < -0.4 is 5.32 Å². The number of hydrogen-bond acceptors (Lipinski definition) is 3. The summed E-state index contributed by atoms with van der Waals surface area (Å²) in [6, 6.07) is 10.6. The molecule has 1 amide bonds. The van der Waals surface area contributed by atoms with Crippen molar-refractivity contribution in [3.05, 3.63) is 56.8 Å².